The standard InChI is InChI=1S/C32H27NO5/c1-4-18-8-10-19(11-9-18)33-31(37)22-13-12-20-23(27(22)32(33)38)15-24-28(25(34)14-17(3)30(24)36)26(20)21-7-5-6-16(2)29(21)35/h4-12,14,22-23,26-27,35H,1,13,15H2,2-3H3. The number of hydrogen-bond donors (Lipinski definition) is 1. The fourth-order valence-corrected chi connectivity index (χ4v) is 6.67. The van der Waals surface area contributed by atoms with Crippen LogP contribution in [0.1, 0.15) is 42.4 Å². The zero-order chi connectivity index (χ0) is 26.9. The SMILES string of the molecule is C=Cc1ccc(N2C(=O)C3CC=C4C(c5cccc(C)c5O)C5=C(CC4C3C2=O)C(=O)C(C)=CC5=O)cc1. The van der Waals surface area contributed by atoms with Gasteiger partial charge < -0.3 is 5.11 Å². The van der Waals surface area contributed by atoms with Gasteiger partial charge in [0.2, 0.25) is 11.8 Å². The Morgan fingerprint density at radius 1 is 0.974 bits per heavy atom. The van der Waals surface area contributed by atoms with Crippen LogP contribution in [0.4, 0.5) is 5.69 Å². The van der Waals surface area contributed by atoms with Crippen LogP contribution in [0.15, 0.2) is 83.5 Å². The number of anilines is 1. The zero-order valence-corrected chi connectivity index (χ0v) is 21.2. The molecule has 38 heavy (non-hydrogen) atoms. The number of imide groups is 1. The third kappa shape index (κ3) is 3.33. The molecule has 6 nitrogen and oxygen atoms in total. The van der Waals surface area contributed by atoms with Crippen molar-refractivity contribution in [1.82, 2.24) is 0 Å². The Kier molecular flexibility index (Phi) is 5.45. The molecule has 4 aliphatic rings. The molecule has 0 spiro atoms. The van der Waals surface area contributed by atoms with Crippen LogP contribution in [-0.4, -0.2) is 28.5 Å². The molecule has 2 aromatic carbocycles. The van der Waals surface area contributed by atoms with E-state index in [9.17, 15) is 24.3 Å². The van der Waals surface area contributed by atoms with Gasteiger partial charge in [-0.1, -0.05) is 54.6 Å². The number of allylic oxidation sites excluding steroid dienone is 6. The summed E-state index contributed by atoms with van der Waals surface area (Å²) in [6.45, 7) is 7.16. The number of benzene rings is 2. The summed E-state index contributed by atoms with van der Waals surface area (Å²) in [7, 11) is 0. The van der Waals surface area contributed by atoms with Gasteiger partial charge in [0.15, 0.2) is 11.6 Å². The van der Waals surface area contributed by atoms with Gasteiger partial charge in [0.05, 0.1) is 17.5 Å². The highest BCUT2D eigenvalue weighted by atomic mass is 16.3. The molecule has 6 heteroatoms. The van der Waals surface area contributed by atoms with Crippen LogP contribution in [0.3, 0.4) is 0 Å². The van der Waals surface area contributed by atoms with E-state index in [0.29, 0.717) is 40.0 Å². The minimum atomic E-state index is -0.658. The second-order valence-electron chi connectivity index (χ2n) is 10.5. The number of hydrogen-bond acceptors (Lipinski definition) is 5. The topological polar surface area (TPSA) is 91.8 Å². The number of carbonyl (C=O) groups is 4. The largest absolute Gasteiger partial charge is 0.507 e. The molecule has 1 fully saturated rings. The number of phenolic OH excluding ortho intramolecular Hbond substituents is 1. The van der Waals surface area contributed by atoms with E-state index in [-0.39, 0.29) is 35.6 Å². The van der Waals surface area contributed by atoms with Crippen molar-refractivity contribution in [3.05, 3.63) is 100 Å². The summed E-state index contributed by atoms with van der Waals surface area (Å²) in [6, 6.07) is 12.5. The highest BCUT2D eigenvalue weighted by molar-refractivity contribution is 6.25. The second-order valence-corrected chi connectivity index (χ2v) is 10.5. The molecule has 2 aromatic rings. The van der Waals surface area contributed by atoms with Gasteiger partial charge in [0, 0.05) is 28.2 Å². The third-order valence-corrected chi connectivity index (χ3v) is 8.53. The Hall–Kier alpha value is -4.32. The molecule has 0 bridgehead atoms. The van der Waals surface area contributed by atoms with E-state index < -0.39 is 23.7 Å². The van der Waals surface area contributed by atoms with E-state index in [1.807, 2.05) is 24.3 Å². The van der Waals surface area contributed by atoms with Gasteiger partial charge in [0.1, 0.15) is 5.75 Å². The molecular weight excluding hydrogens is 478 g/mol. The summed E-state index contributed by atoms with van der Waals surface area (Å²) in [6.07, 6.45) is 5.59. The summed E-state index contributed by atoms with van der Waals surface area (Å²) in [5, 5.41) is 11.1. The number of Topliss-reactive ketones (excluding diaryl/α,β-unsaturated/α-hetero) is 1. The molecule has 1 N–H and O–H groups in total. The lowest BCUT2D eigenvalue weighted by atomic mass is 9.59. The Morgan fingerprint density at radius 2 is 1.71 bits per heavy atom. The first kappa shape index (κ1) is 24.0. The van der Waals surface area contributed by atoms with Crippen LogP contribution in [-0.2, 0) is 19.2 Å². The van der Waals surface area contributed by atoms with E-state index in [1.165, 1.54) is 11.0 Å². The molecule has 1 heterocycles. The highest BCUT2D eigenvalue weighted by Crippen LogP contribution is 2.56. The Bertz CT molecular complexity index is 1550. The van der Waals surface area contributed by atoms with Gasteiger partial charge in [0.25, 0.3) is 0 Å². The van der Waals surface area contributed by atoms with Crippen LogP contribution < -0.4 is 4.90 Å². The predicted octanol–water partition coefficient (Wildman–Crippen LogP) is 4.98. The molecule has 190 valence electrons. The van der Waals surface area contributed by atoms with Crippen molar-refractivity contribution in [2.45, 2.75) is 32.6 Å². The van der Waals surface area contributed by atoms with Crippen molar-refractivity contribution < 1.29 is 24.3 Å². The maximum absolute atomic E-state index is 13.9. The summed E-state index contributed by atoms with van der Waals surface area (Å²) in [4.78, 5) is 55.4. The fourth-order valence-electron chi connectivity index (χ4n) is 6.67. The van der Waals surface area contributed by atoms with Gasteiger partial charge in [-0.25, -0.2) is 0 Å². The van der Waals surface area contributed by atoms with Gasteiger partial charge in [-0.3, -0.25) is 24.1 Å². The number of fused-ring (bicyclic) bond motifs is 3. The van der Waals surface area contributed by atoms with E-state index in [1.54, 1.807) is 44.2 Å². The smallest absolute Gasteiger partial charge is 0.238 e. The molecule has 1 saturated heterocycles. The summed E-state index contributed by atoms with van der Waals surface area (Å²) in [5.74, 6) is -3.23. The average Bonchev–Trinajstić information content (AvgIpc) is 3.17. The minimum Gasteiger partial charge on any atom is -0.507 e. The highest BCUT2D eigenvalue weighted by Gasteiger charge is 2.56. The van der Waals surface area contributed by atoms with Crippen molar-refractivity contribution in [2.75, 3.05) is 4.90 Å². The second kappa shape index (κ2) is 8.62. The first-order valence-corrected chi connectivity index (χ1v) is 12.8. The Labute approximate surface area is 220 Å². The minimum absolute atomic E-state index is 0.0670. The van der Waals surface area contributed by atoms with Crippen molar-refractivity contribution in [3.8, 4) is 5.75 Å². The first-order chi connectivity index (χ1) is 18.2. The normalized spacial score (nSPS) is 26.5. The van der Waals surface area contributed by atoms with Crippen molar-refractivity contribution in [3.63, 3.8) is 0 Å². The predicted molar refractivity (Wildman–Crippen MR) is 143 cm³/mol. The van der Waals surface area contributed by atoms with Gasteiger partial charge in [-0.15, -0.1) is 0 Å². The maximum Gasteiger partial charge on any atom is 0.238 e. The Balaban J connectivity index is 1.49. The van der Waals surface area contributed by atoms with Crippen LogP contribution >= 0.6 is 0 Å². The number of ketones is 2. The third-order valence-electron chi connectivity index (χ3n) is 8.53. The monoisotopic (exact) mass is 505 g/mol. The first-order valence-electron chi connectivity index (χ1n) is 12.8. The molecule has 3 aliphatic carbocycles. The van der Waals surface area contributed by atoms with Crippen LogP contribution in [0.25, 0.3) is 6.08 Å². The molecule has 2 amide bonds. The van der Waals surface area contributed by atoms with Crippen molar-refractivity contribution in [1.29, 1.82) is 0 Å². The average molecular weight is 506 g/mol. The number of rotatable bonds is 3. The Morgan fingerprint density at radius 3 is 2.42 bits per heavy atom. The van der Waals surface area contributed by atoms with E-state index in [2.05, 4.69) is 6.58 Å². The number of nitrogens with zero attached hydrogens (tertiary/aromatic N) is 1. The van der Waals surface area contributed by atoms with Crippen molar-refractivity contribution >= 4 is 35.1 Å². The molecule has 0 aromatic heterocycles. The molecule has 0 saturated carbocycles. The zero-order valence-electron chi connectivity index (χ0n) is 21.2. The molecule has 4 unspecified atom stereocenters. The number of aromatic hydroxyl groups is 1. The quantitative estimate of drug-likeness (QED) is 0.361. The molecule has 1 aliphatic heterocycles. The summed E-state index contributed by atoms with van der Waals surface area (Å²) in [5.41, 5.74) is 4.52. The lowest BCUT2D eigenvalue weighted by Crippen LogP contribution is -2.39. The summed E-state index contributed by atoms with van der Waals surface area (Å²) >= 11 is 0. The number of aryl methyl sites for hydroxylation is 1. The molecular formula is C32H27NO5. The maximum atomic E-state index is 13.9. The van der Waals surface area contributed by atoms with Crippen LogP contribution in [0.5, 0.6) is 5.75 Å². The molecule has 6 rings (SSSR count). The van der Waals surface area contributed by atoms with Gasteiger partial charge >= 0.3 is 0 Å². The van der Waals surface area contributed by atoms with Gasteiger partial charge in [-0.2, -0.15) is 0 Å². The lowest BCUT2D eigenvalue weighted by Gasteiger charge is -2.42. The van der Waals surface area contributed by atoms with Gasteiger partial charge in [-0.05, 0) is 61.9 Å². The number of carbonyl (C=O) groups excluding carboxylic acids is 4. The molecule has 0 radical (unpaired) electrons. The number of para-hydroxylation sites is 1. The summed E-state index contributed by atoms with van der Waals surface area (Å²) < 4.78 is 0. The number of phenols is 1. The lowest BCUT2D eigenvalue weighted by molar-refractivity contribution is -0.123. The van der Waals surface area contributed by atoms with Crippen LogP contribution in [0.2, 0.25) is 0 Å². The molecule has 4 atom stereocenters. The number of amides is 2. The van der Waals surface area contributed by atoms with E-state index in [0.717, 1.165) is 11.1 Å². The van der Waals surface area contributed by atoms with Crippen molar-refractivity contribution in [2.24, 2.45) is 17.8 Å². The van der Waals surface area contributed by atoms with E-state index in [4.69, 9.17) is 0 Å². The van der Waals surface area contributed by atoms with E-state index >= 15 is 0 Å². The van der Waals surface area contributed by atoms with Crippen LogP contribution in [0, 0.1) is 24.7 Å². The fraction of sp³-hybridized carbons (Fsp3) is 0.250.